The second-order valence-corrected chi connectivity index (χ2v) is 7.60. The summed E-state index contributed by atoms with van der Waals surface area (Å²) in [6.07, 6.45) is 0.401. The fraction of sp³-hybridized carbons (Fsp3) is 0.600. The maximum Gasteiger partial charge on any atom is 0.416 e. The summed E-state index contributed by atoms with van der Waals surface area (Å²) in [7, 11) is 0. The summed E-state index contributed by atoms with van der Waals surface area (Å²) in [6, 6.07) is 4.76. The predicted octanol–water partition coefficient (Wildman–Crippen LogP) is 3.20. The predicted molar refractivity (Wildman–Crippen MR) is 105 cm³/mol. The summed E-state index contributed by atoms with van der Waals surface area (Å²) in [6.45, 7) is 4.82. The number of nitrogens with zero attached hydrogens (tertiary/aromatic N) is 5. The van der Waals surface area contributed by atoms with Crippen LogP contribution in [0.15, 0.2) is 24.3 Å². The van der Waals surface area contributed by atoms with Crippen LogP contribution in [0.2, 0.25) is 0 Å². The molecule has 164 valence electrons. The van der Waals surface area contributed by atoms with E-state index in [1.165, 1.54) is 16.8 Å². The molecule has 30 heavy (non-hydrogen) atoms. The molecule has 0 saturated carbocycles. The molecule has 0 aliphatic carbocycles. The van der Waals surface area contributed by atoms with Gasteiger partial charge in [0.15, 0.2) is 5.82 Å². The van der Waals surface area contributed by atoms with Gasteiger partial charge in [0.1, 0.15) is 0 Å². The summed E-state index contributed by atoms with van der Waals surface area (Å²) in [5.74, 6) is 0.700. The number of unbranched alkanes of at least 4 members (excludes halogenated alkanes) is 2. The standard InChI is InChI=1S/C20H27F3N6O/c1-2-3-4-11-24-19(30)15-9-12-28(13-10-15)14-18-25-26-27-29(18)17-7-5-16(6-8-17)20(21,22)23/h5-8,15H,2-4,9-14H2,1H3,(H,24,30). The van der Waals surface area contributed by atoms with E-state index in [0.717, 1.165) is 63.9 Å². The number of alkyl halides is 3. The number of piperidine rings is 1. The number of hydrogen-bond donors (Lipinski definition) is 1. The lowest BCUT2D eigenvalue weighted by molar-refractivity contribution is -0.137. The van der Waals surface area contributed by atoms with Gasteiger partial charge in [0.2, 0.25) is 5.91 Å². The van der Waals surface area contributed by atoms with Crippen molar-refractivity contribution in [1.82, 2.24) is 30.4 Å². The third-order valence-corrected chi connectivity index (χ3v) is 5.38. The molecule has 1 aromatic carbocycles. The summed E-state index contributed by atoms with van der Waals surface area (Å²) in [5.41, 5.74) is -0.236. The first-order chi connectivity index (χ1) is 14.4. The molecule has 2 heterocycles. The SMILES string of the molecule is CCCCCNC(=O)C1CCN(Cc2nnnn2-c2ccc(C(F)(F)F)cc2)CC1. The number of hydrogen-bond acceptors (Lipinski definition) is 5. The molecule has 0 radical (unpaired) electrons. The fourth-order valence-corrected chi connectivity index (χ4v) is 3.58. The molecule has 0 bridgehead atoms. The molecule has 3 rings (SSSR count). The number of halogens is 3. The highest BCUT2D eigenvalue weighted by Gasteiger charge is 2.30. The maximum atomic E-state index is 12.8. The minimum Gasteiger partial charge on any atom is -0.356 e. The van der Waals surface area contributed by atoms with Gasteiger partial charge in [0.05, 0.1) is 17.8 Å². The Labute approximate surface area is 173 Å². The number of likely N-dealkylation sites (tertiary alicyclic amines) is 1. The van der Waals surface area contributed by atoms with Gasteiger partial charge in [-0.05, 0) is 67.0 Å². The monoisotopic (exact) mass is 424 g/mol. The van der Waals surface area contributed by atoms with Crippen LogP contribution in [-0.2, 0) is 17.5 Å². The van der Waals surface area contributed by atoms with Crippen molar-refractivity contribution in [3.63, 3.8) is 0 Å². The van der Waals surface area contributed by atoms with E-state index < -0.39 is 11.7 Å². The molecule has 2 aromatic rings. The van der Waals surface area contributed by atoms with Gasteiger partial charge in [0, 0.05) is 12.5 Å². The first-order valence-electron chi connectivity index (χ1n) is 10.3. The van der Waals surface area contributed by atoms with Crippen molar-refractivity contribution in [3.8, 4) is 5.69 Å². The Bertz CT molecular complexity index is 813. The summed E-state index contributed by atoms with van der Waals surface area (Å²) < 4.78 is 39.7. The van der Waals surface area contributed by atoms with E-state index in [9.17, 15) is 18.0 Å². The number of amides is 1. The Balaban J connectivity index is 1.53. The van der Waals surface area contributed by atoms with Crippen LogP contribution in [0.25, 0.3) is 5.69 Å². The largest absolute Gasteiger partial charge is 0.416 e. The highest BCUT2D eigenvalue weighted by atomic mass is 19.4. The van der Waals surface area contributed by atoms with Crippen LogP contribution >= 0.6 is 0 Å². The van der Waals surface area contributed by atoms with E-state index in [4.69, 9.17) is 0 Å². The zero-order valence-corrected chi connectivity index (χ0v) is 17.0. The molecule has 1 fully saturated rings. The Morgan fingerprint density at radius 2 is 1.87 bits per heavy atom. The number of aromatic nitrogens is 4. The van der Waals surface area contributed by atoms with Crippen molar-refractivity contribution >= 4 is 5.91 Å². The Hall–Kier alpha value is -2.49. The van der Waals surface area contributed by atoms with E-state index in [2.05, 4.69) is 32.7 Å². The van der Waals surface area contributed by atoms with Crippen LogP contribution in [0.4, 0.5) is 13.2 Å². The number of benzene rings is 1. The van der Waals surface area contributed by atoms with Crippen LogP contribution in [0, 0.1) is 5.92 Å². The summed E-state index contributed by atoms with van der Waals surface area (Å²) >= 11 is 0. The minimum atomic E-state index is -4.38. The topological polar surface area (TPSA) is 75.9 Å². The number of rotatable bonds is 8. The van der Waals surface area contributed by atoms with E-state index >= 15 is 0 Å². The molecule has 1 aliphatic heterocycles. The Kier molecular flexibility index (Phi) is 7.41. The van der Waals surface area contributed by atoms with Crippen LogP contribution in [0.5, 0.6) is 0 Å². The minimum absolute atomic E-state index is 0.0220. The lowest BCUT2D eigenvalue weighted by Crippen LogP contribution is -2.40. The molecule has 7 nitrogen and oxygen atoms in total. The summed E-state index contributed by atoms with van der Waals surface area (Å²) in [5, 5.41) is 14.6. The van der Waals surface area contributed by atoms with Crippen molar-refractivity contribution in [2.75, 3.05) is 19.6 Å². The van der Waals surface area contributed by atoms with E-state index in [-0.39, 0.29) is 11.8 Å². The van der Waals surface area contributed by atoms with Crippen LogP contribution in [-0.4, -0.2) is 50.6 Å². The van der Waals surface area contributed by atoms with Crippen molar-refractivity contribution in [2.24, 2.45) is 5.92 Å². The summed E-state index contributed by atoms with van der Waals surface area (Å²) in [4.78, 5) is 14.4. The van der Waals surface area contributed by atoms with E-state index in [1.54, 1.807) is 0 Å². The zero-order chi connectivity index (χ0) is 21.6. The molecular formula is C20H27F3N6O. The van der Waals surface area contributed by atoms with Gasteiger partial charge >= 0.3 is 6.18 Å². The molecule has 1 aliphatic rings. The van der Waals surface area contributed by atoms with Crippen LogP contribution in [0.1, 0.15) is 50.4 Å². The van der Waals surface area contributed by atoms with E-state index in [1.807, 2.05) is 0 Å². The normalized spacial score (nSPS) is 16.0. The fourth-order valence-electron chi connectivity index (χ4n) is 3.58. The van der Waals surface area contributed by atoms with Gasteiger partial charge in [-0.2, -0.15) is 17.9 Å². The average molecular weight is 424 g/mol. The molecule has 0 atom stereocenters. The number of carbonyl (C=O) groups excluding carboxylic acids is 1. The molecule has 1 amide bonds. The number of carbonyl (C=O) groups is 1. The average Bonchev–Trinajstić information content (AvgIpc) is 3.19. The first kappa shape index (κ1) is 22.2. The second-order valence-electron chi connectivity index (χ2n) is 7.60. The number of nitrogens with one attached hydrogen (secondary N) is 1. The van der Waals surface area contributed by atoms with Gasteiger partial charge in [-0.1, -0.05) is 19.8 Å². The van der Waals surface area contributed by atoms with E-state index in [0.29, 0.717) is 18.1 Å². The van der Waals surface area contributed by atoms with Gasteiger partial charge in [-0.25, -0.2) is 0 Å². The highest BCUT2D eigenvalue weighted by Crippen LogP contribution is 2.29. The smallest absolute Gasteiger partial charge is 0.356 e. The van der Waals surface area contributed by atoms with Crippen molar-refractivity contribution in [3.05, 3.63) is 35.7 Å². The van der Waals surface area contributed by atoms with Crippen molar-refractivity contribution < 1.29 is 18.0 Å². The number of tetrazole rings is 1. The zero-order valence-electron chi connectivity index (χ0n) is 17.0. The van der Waals surface area contributed by atoms with Gasteiger partial charge < -0.3 is 5.32 Å². The van der Waals surface area contributed by atoms with Crippen molar-refractivity contribution in [1.29, 1.82) is 0 Å². The maximum absolute atomic E-state index is 12.8. The van der Waals surface area contributed by atoms with Gasteiger partial charge in [-0.3, -0.25) is 9.69 Å². The van der Waals surface area contributed by atoms with Gasteiger partial charge in [0.25, 0.3) is 0 Å². The molecule has 10 heteroatoms. The van der Waals surface area contributed by atoms with Gasteiger partial charge in [-0.15, -0.1) is 5.10 Å². The Morgan fingerprint density at radius 3 is 2.50 bits per heavy atom. The molecule has 0 spiro atoms. The molecule has 1 saturated heterocycles. The molecule has 1 aromatic heterocycles. The van der Waals surface area contributed by atoms with Crippen LogP contribution in [0.3, 0.4) is 0 Å². The first-order valence-corrected chi connectivity index (χ1v) is 10.3. The lowest BCUT2D eigenvalue weighted by Gasteiger charge is -2.30. The molecular weight excluding hydrogens is 397 g/mol. The third kappa shape index (κ3) is 5.78. The molecule has 1 N–H and O–H groups in total. The second kappa shape index (κ2) is 10.0. The van der Waals surface area contributed by atoms with Crippen molar-refractivity contribution in [2.45, 2.75) is 51.7 Å². The molecule has 0 unspecified atom stereocenters. The quantitative estimate of drug-likeness (QED) is 0.659. The highest BCUT2D eigenvalue weighted by molar-refractivity contribution is 5.78. The Morgan fingerprint density at radius 1 is 1.17 bits per heavy atom. The van der Waals surface area contributed by atoms with Crippen LogP contribution < -0.4 is 5.32 Å². The third-order valence-electron chi connectivity index (χ3n) is 5.38. The lowest BCUT2D eigenvalue weighted by atomic mass is 9.96.